The van der Waals surface area contributed by atoms with Crippen LogP contribution in [0.5, 0.6) is 0 Å². The molecule has 0 spiro atoms. The molecule has 0 bridgehead atoms. The minimum atomic E-state index is 0.389. The van der Waals surface area contributed by atoms with Crippen molar-refractivity contribution in [3.05, 3.63) is 59.5 Å². The SMILES string of the molecule is Cc1nc2cc(NC3CCCc4ccccc43)ccc2o1. The first-order valence-electron chi connectivity index (χ1n) is 7.51. The molecule has 1 aliphatic rings. The third kappa shape index (κ3) is 2.29. The van der Waals surface area contributed by atoms with Gasteiger partial charge in [-0.05, 0) is 48.6 Å². The molecule has 3 aromatic rings. The lowest BCUT2D eigenvalue weighted by atomic mass is 9.87. The predicted molar refractivity (Wildman–Crippen MR) is 84.5 cm³/mol. The van der Waals surface area contributed by atoms with Crippen molar-refractivity contribution in [2.45, 2.75) is 32.2 Å². The van der Waals surface area contributed by atoms with Crippen LogP contribution in [-0.2, 0) is 6.42 Å². The molecule has 1 aromatic heterocycles. The Morgan fingerprint density at radius 1 is 1.19 bits per heavy atom. The quantitative estimate of drug-likeness (QED) is 0.743. The average molecular weight is 278 g/mol. The zero-order valence-electron chi connectivity index (χ0n) is 12.1. The molecule has 0 radical (unpaired) electrons. The van der Waals surface area contributed by atoms with E-state index in [-0.39, 0.29) is 0 Å². The zero-order valence-corrected chi connectivity index (χ0v) is 12.1. The number of aryl methyl sites for hydroxylation is 2. The number of anilines is 1. The largest absolute Gasteiger partial charge is 0.441 e. The number of benzene rings is 2. The highest BCUT2D eigenvalue weighted by atomic mass is 16.3. The molecule has 21 heavy (non-hydrogen) atoms. The van der Waals surface area contributed by atoms with Crippen molar-refractivity contribution >= 4 is 16.8 Å². The molecule has 3 heteroatoms. The Hall–Kier alpha value is -2.29. The van der Waals surface area contributed by atoms with Crippen LogP contribution in [0.1, 0.15) is 35.9 Å². The maximum absolute atomic E-state index is 5.53. The summed E-state index contributed by atoms with van der Waals surface area (Å²) in [6, 6.07) is 15.3. The summed E-state index contributed by atoms with van der Waals surface area (Å²) >= 11 is 0. The first-order chi connectivity index (χ1) is 10.3. The molecular formula is C18H18N2O. The van der Waals surface area contributed by atoms with Crippen molar-refractivity contribution in [1.82, 2.24) is 4.98 Å². The van der Waals surface area contributed by atoms with Gasteiger partial charge in [-0.1, -0.05) is 24.3 Å². The second-order valence-electron chi connectivity index (χ2n) is 5.70. The Morgan fingerprint density at radius 2 is 2.10 bits per heavy atom. The van der Waals surface area contributed by atoms with Crippen LogP contribution >= 0.6 is 0 Å². The molecule has 106 valence electrons. The van der Waals surface area contributed by atoms with Gasteiger partial charge >= 0.3 is 0 Å². The number of oxazole rings is 1. The minimum absolute atomic E-state index is 0.389. The van der Waals surface area contributed by atoms with Gasteiger partial charge in [0.2, 0.25) is 0 Å². The molecule has 1 atom stereocenters. The maximum Gasteiger partial charge on any atom is 0.192 e. The number of fused-ring (bicyclic) bond motifs is 2. The Bertz CT molecular complexity index is 791. The van der Waals surface area contributed by atoms with Gasteiger partial charge in [0.25, 0.3) is 0 Å². The van der Waals surface area contributed by atoms with Crippen LogP contribution in [0.2, 0.25) is 0 Å². The fourth-order valence-electron chi connectivity index (χ4n) is 3.24. The molecule has 0 saturated carbocycles. The maximum atomic E-state index is 5.53. The standard InChI is InChI=1S/C18H18N2O/c1-12-19-17-11-14(9-10-18(17)21-12)20-16-8-4-6-13-5-2-3-7-15(13)16/h2-3,5,7,9-11,16,20H,4,6,8H2,1H3. The first kappa shape index (κ1) is 12.5. The monoisotopic (exact) mass is 278 g/mol. The van der Waals surface area contributed by atoms with E-state index in [2.05, 4.69) is 46.7 Å². The van der Waals surface area contributed by atoms with Crippen molar-refractivity contribution in [2.75, 3.05) is 5.32 Å². The predicted octanol–water partition coefficient (Wildman–Crippen LogP) is 4.63. The van der Waals surface area contributed by atoms with Gasteiger partial charge in [0.15, 0.2) is 11.5 Å². The van der Waals surface area contributed by atoms with Gasteiger partial charge in [-0.3, -0.25) is 0 Å². The van der Waals surface area contributed by atoms with Crippen molar-refractivity contribution in [2.24, 2.45) is 0 Å². The van der Waals surface area contributed by atoms with Crippen molar-refractivity contribution in [3.63, 3.8) is 0 Å². The summed E-state index contributed by atoms with van der Waals surface area (Å²) in [6.45, 7) is 1.88. The van der Waals surface area contributed by atoms with Crippen LogP contribution in [0.4, 0.5) is 5.69 Å². The lowest BCUT2D eigenvalue weighted by molar-refractivity contribution is 0.561. The van der Waals surface area contributed by atoms with E-state index in [9.17, 15) is 0 Å². The second-order valence-corrected chi connectivity index (χ2v) is 5.70. The van der Waals surface area contributed by atoms with Gasteiger partial charge in [-0.2, -0.15) is 0 Å². The summed E-state index contributed by atoms with van der Waals surface area (Å²) < 4.78 is 5.53. The van der Waals surface area contributed by atoms with Gasteiger partial charge < -0.3 is 9.73 Å². The molecule has 3 nitrogen and oxygen atoms in total. The number of rotatable bonds is 2. The number of nitrogens with zero attached hydrogens (tertiary/aromatic N) is 1. The van der Waals surface area contributed by atoms with E-state index in [1.54, 1.807) is 0 Å². The highest BCUT2D eigenvalue weighted by Crippen LogP contribution is 2.33. The fourth-order valence-corrected chi connectivity index (χ4v) is 3.24. The zero-order chi connectivity index (χ0) is 14.2. The van der Waals surface area contributed by atoms with Crippen molar-refractivity contribution in [3.8, 4) is 0 Å². The summed E-state index contributed by atoms with van der Waals surface area (Å²) in [6.07, 6.45) is 3.60. The molecular weight excluding hydrogens is 260 g/mol. The third-order valence-electron chi connectivity index (χ3n) is 4.20. The van der Waals surface area contributed by atoms with E-state index in [0.717, 1.165) is 16.8 Å². The fraction of sp³-hybridized carbons (Fsp3) is 0.278. The Morgan fingerprint density at radius 3 is 3.05 bits per heavy atom. The van der Waals surface area contributed by atoms with Crippen LogP contribution < -0.4 is 5.32 Å². The Kier molecular flexibility index (Phi) is 2.92. The highest BCUT2D eigenvalue weighted by molar-refractivity contribution is 5.77. The minimum Gasteiger partial charge on any atom is -0.441 e. The van der Waals surface area contributed by atoms with E-state index in [1.807, 2.05) is 13.0 Å². The summed E-state index contributed by atoms with van der Waals surface area (Å²) in [7, 11) is 0. The number of hydrogen-bond acceptors (Lipinski definition) is 3. The number of aromatic nitrogens is 1. The molecule has 1 N–H and O–H groups in total. The van der Waals surface area contributed by atoms with Gasteiger partial charge in [0, 0.05) is 12.6 Å². The Labute approximate surface area is 124 Å². The second kappa shape index (κ2) is 4.92. The third-order valence-corrected chi connectivity index (χ3v) is 4.20. The van der Waals surface area contributed by atoms with Crippen LogP contribution in [-0.4, -0.2) is 4.98 Å². The summed E-state index contributed by atoms with van der Waals surface area (Å²) in [5.74, 6) is 0.713. The smallest absolute Gasteiger partial charge is 0.192 e. The van der Waals surface area contributed by atoms with Crippen LogP contribution in [0.25, 0.3) is 11.1 Å². The highest BCUT2D eigenvalue weighted by Gasteiger charge is 2.19. The molecule has 0 amide bonds. The topological polar surface area (TPSA) is 38.1 Å². The molecule has 1 aliphatic carbocycles. The number of hydrogen-bond donors (Lipinski definition) is 1. The lowest BCUT2D eigenvalue weighted by Gasteiger charge is -2.27. The van der Waals surface area contributed by atoms with Crippen LogP contribution in [0.15, 0.2) is 46.9 Å². The molecule has 1 heterocycles. The van der Waals surface area contributed by atoms with E-state index in [4.69, 9.17) is 4.42 Å². The summed E-state index contributed by atoms with van der Waals surface area (Å²) in [4.78, 5) is 4.40. The molecule has 0 aliphatic heterocycles. The summed E-state index contributed by atoms with van der Waals surface area (Å²) in [5.41, 5.74) is 5.78. The van der Waals surface area contributed by atoms with Gasteiger partial charge in [-0.15, -0.1) is 0 Å². The molecule has 1 unspecified atom stereocenters. The first-order valence-corrected chi connectivity index (χ1v) is 7.51. The Balaban J connectivity index is 1.65. The van der Waals surface area contributed by atoms with Crippen molar-refractivity contribution < 1.29 is 4.42 Å². The molecule has 4 rings (SSSR count). The number of nitrogens with one attached hydrogen (secondary N) is 1. The van der Waals surface area contributed by atoms with Gasteiger partial charge in [-0.25, -0.2) is 4.98 Å². The van der Waals surface area contributed by atoms with E-state index < -0.39 is 0 Å². The van der Waals surface area contributed by atoms with Crippen molar-refractivity contribution in [1.29, 1.82) is 0 Å². The van der Waals surface area contributed by atoms with Crippen LogP contribution in [0, 0.1) is 6.92 Å². The van der Waals surface area contributed by atoms with Gasteiger partial charge in [0.1, 0.15) is 5.52 Å². The molecule has 0 saturated heterocycles. The van der Waals surface area contributed by atoms with E-state index in [0.29, 0.717) is 11.9 Å². The van der Waals surface area contributed by atoms with Crippen LogP contribution in [0.3, 0.4) is 0 Å². The molecule has 2 aromatic carbocycles. The van der Waals surface area contributed by atoms with Gasteiger partial charge in [0.05, 0.1) is 6.04 Å². The lowest BCUT2D eigenvalue weighted by Crippen LogP contribution is -2.17. The van der Waals surface area contributed by atoms with E-state index >= 15 is 0 Å². The summed E-state index contributed by atoms with van der Waals surface area (Å²) in [5, 5.41) is 3.66. The normalized spacial score (nSPS) is 17.7. The van der Waals surface area contributed by atoms with E-state index in [1.165, 1.54) is 30.4 Å². The molecule has 0 fully saturated rings. The average Bonchev–Trinajstić information content (AvgIpc) is 2.87.